The van der Waals surface area contributed by atoms with Crippen molar-refractivity contribution in [2.75, 3.05) is 19.0 Å². The highest BCUT2D eigenvalue weighted by molar-refractivity contribution is 8.13. The van der Waals surface area contributed by atoms with Crippen LogP contribution in [0, 0.1) is 13.8 Å². The van der Waals surface area contributed by atoms with E-state index in [4.69, 9.17) is 4.52 Å². The van der Waals surface area contributed by atoms with Gasteiger partial charge in [-0.2, -0.15) is 0 Å². The molecule has 6 heteroatoms. The molecule has 1 unspecified atom stereocenters. The second kappa shape index (κ2) is 10.7. The summed E-state index contributed by atoms with van der Waals surface area (Å²) in [6.07, 6.45) is 1.18. The molecule has 0 bridgehead atoms. The third-order valence-electron chi connectivity index (χ3n) is 5.07. The van der Waals surface area contributed by atoms with Gasteiger partial charge in [0.15, 0.2) is 5.12 Å². The van der Waals surface area contributed by atoms with Crippen molar-refractivity contribution in [1.82, 2.24) is 0 Å². The molecule has 0 radical (unpaired) electrons. The maximum atomic E-state index is 12.8. The molecule has 2 rings (SSSR count). The van der Waals surface area contributed by atoms with Crippen LogP contribution in [0.1, 0.15) is 60.1 Å². The summed E-state index contributed by atoms with van der Waals surface area (Å²) < 4.78 is 18.4. The molecule has 0 aliphatic heterocycles. The Labute approximate surface area is 184 Å². The Bertz CT molecular complexity index is 929. The van der Waals surface area contributed by atoms with Gasteiger partial charge in [0, 0.05) is 25.5 Å². The SMILES string of the molecule is CC(=O)SCCOP(C)(=O)Cc1cc(C)c(Cc2ccc(O)c(C(C)C)c2)c(C)c1. The van der Waals surface area contributed by atoms with Gasteiger partial charge < -0.3 is 9.63 Å². The molecule has 164 valence electrons. The summed E-state index contributed by atoms with van der Waals surface area (Å²) in [5.41, 5.74) is 6.72. The number of phenols is 1. The summed E-state index contributed by atoms with van der Waals surface area (Å²) in [6.45, 7) is 11.8. The molecule has 1 atom stereocenters. The van der Waals surface area contributed by atoms with Gasteiger partial charge in [-0.15, -0.1) is 0 Å². The molecule has 1 N–H and O–H groups in total. The van der Waals surface area contributed by atoms with E-state index in [1.807, 2.05) is 6.07 Å². The Morgan fingerprint density at radius 1 is 1.13 bits per heavy atom. The first-order valence-electron chi connectivity index (χ1n) is 10.2. The number of rotatable bonds is 9. The summed E-state index contributed by atoms with van der Waals surface area (Å²) in [4.78, 5) is 11.0. The fraction of sp³-hybridized carbons (Fsp3) is 0.458. The lowest BCUT2D eigenvalue weighted by molar-refractivity contribution is -0.109. The van der Waals surface area contributed by atoms with Crippen molar-refractivity contribution in [3.63, 3.8) is 0 Å². The zero-order chi connectivity index (χ0) is 22.5. The van der Waals surface area contributed by atoms with Crippen molar-refractivity contribution in [3.05, 3.63) is 63.7 Å². The van der Waals surface area contributed by atoms with E-state index in [0.29, 0.717) is 24.3 Å². The Balaban J connectivity index is 2.13. The number of thioether (sulfide) groups is 1. The Kier molecular flexibility index (Phi) is 8.78. The van der Waals surface area contributed by atoms with Gasteiger partial charge in [-0.3, -0.25) is 9.36 Å². The smallest absolute Gasteiger partial charge is 0.204 e. The summed E-state index contributed by atoms with van der Waals surface area (Å²) >= 11 is 1.19. The Morgan fingerprint density at radius 3 is 2.33 bits per heavy atom. The average Bonchev–Trinajstić information content (AvgIpc) is 2.62. The zero-order valence-corrected chi connectivity index (χ0v) is 20.5. The number of carbonyl (C=O) groups is 1. The van der Waals surface area contributed by atoms with Crippen LogP contribution in [0.4, 0.5) is 0 Å². The standard InChI is InChI=1S/C24H33O4PS/c1-16(2)22-13-20(7-8-24(22)26)14-23-17(3)11-21(12-18(23)4)15-29(6,27)28-9-10-30-19(5)25/h7-8,11-13,16,26H,9-10,14-15H2,1-6H3. The number of phenolic OH excluding ortho intramolecular Hbond substituents is 1. The van der Waals surface area contributed by atoms with Crippen LogP contribution in [0.3, 0.4) is 0 Å². The van der Waals surface area contributed by atoms with Crippen molar-refractivity contribution in [1.29, 1.82) is 0 Å². The lowest BCUT2D eigenvalue weighted by Crippen LogP contribution is -2.02. The minimum absolute atomic E-state index is 0.0421. The molecular weight excluding hydrogens is 415 g/mol. The topological polar surface area (TPSA) is 63.6 Å². The van der Waals surface area contributed by atoms with Crippen molar-refractivity contribution in [2.24, 2.45) is 0 Å². The highest BCUT2D eigenvalue weighted by Gasteiger charge is 2.18. The average molecular weight is 449 g/mol. The molecular formula is C24H33O4PS. The second-order valence-electron chi connectivity index (χ2n) is 8.28. The van der Waals surface area contributed by atoms with Gasteiger partial charge in [-0.25, -0.2) is 0 Å². The largest absolute Gasteiger partial charge is 0.508 e. The van der Waals surface area contributed by atoms with Gasteiger partial charge in [-0.05, 0) is 65.6 Å². The first-order chi connectivity index (χ1) is 14.0. The van der Waals surface area contributed by atoms with E-state index in [0.717, 1.165) is 28.7 Å². The minimum atomic E-state index is -2.77. The molecule has 0 amide bonds. The first-order valence-corrected chi connectivity index (χ1v) is 13.5. The molecule has 0 saturated heterocycles. The predicted octanol–water partition coefficient (Wildman–Crippen LogP) is 6.43. The summed E-state index contributed by atoms with van der Waals surface area (Å²) in [5, 5.41) is 10.1. The molecule has 0 aliphatic carbocycles. The van der Waals surface area contributed by atoms with Crippen LogP contribution in [0.25, 0.3) is 0 Å². The van der Waals surface area contributed by atoms with E-state index in [-0.39, 0.29) is 11.0 Å². The number of hydrogen-bond donors (Lipinski definition) is 1. The lowest BCUT2D eigenvalue weighted by Gasteiger charge is -2.17. The van der Waals surface area contributed by atoms with Crippen molar-refractivity contribution >= 4 is 24.2 Å². The van der Waals surface area contributed by atoms with Gasteiger partial charge in [-0.1, -0.05) is 49.9 Å². The van der Waals surface area contributed by atoms with Crippen molar-refractivity contribution < 1.29 is 19.0 Å². The van der Waals surface area contributed by atoms with Gasteiger partial charge in [0.05, 0.1) is 6.61 Å². The van der Waals surface area contributed by atoms with Gasteiger partial charge in [0.2, 0.25) is 7.37 Å². The summed E-state index contributed by atoms with van der Waals surface area (Å²) in [5.74, 6) is 1.13. The molecule has 0 fully saturated rings. The van der Waals surface area contributed by atoms with E-state index < -0.39 is 7.37 Å². The second-order valence-corrected chi connectivity index (χ2v) is 12.2. The van der Waals surface area contributed by atoms with E-state index >= 15 is 0 Å². The minimum Gasteiger partial charge on any atom is -0.508 e. The molecule has 30 heavy (non-hydrogen) atoms. The van der Waals surface area contributed by atoms with Crippen molar-refractivity contribution in [2.45, 2.75) is 53.1 Å². The highest BCUT2D eigenvalue weighted by Crippen LogP contribution is 2.46. The quantitative estimate of drug-likeness (QED) is 0.354. The molecule has 0 saturated carbocycles. The van der Waals surface area contributed by atoms with Crippen LogP contribution < -0.4 is 0 Å². The zero-order valence-electron chi connectivity index (χ0n) is 18.8. The van der Waals surface area contributed by atoms with Crippen LogP contribution in [0.5, 0.6) is 5.75 Å². The Morgan fingerprint density at radius 2 is 1.77 bits per heavy atom. The van der Waals surface area contributed by atoms with Gasteiger partial charge in [0.1, 0.15) is 5.75 Å². The van der Waals surface area contributed by atoms with Crippen LogP contribution in [-0.4, -0.2) is 29.2 Å². The maximum absolute atomic E-state index is 12.8. The lowest BCUT2D eigenvalue weighted by atomic mass is 9.92. The summed E-state index contributed by atoms with van der Waals surface area (Å²) in [6, 6.07) is 10.0. The van der Waals surface area contributed by atoms with Gasteiger partial charge in [0.25, 0.3) is 0 Å². The third-order valence-corrected chi connectivity index (χ3v) is 7.52. The molecule has 0 aliphatic rings. The number of hydrogen-bond acceptors (Lipinski definition) is 5. The van der Waals surface area contributed by atoms with Crippen LogP contribution in [-0.2, 0) is 26.5 Å². The predicted molar refractivity (Wildman–Crippen MR) is 127 cm³/mol. The fourth-order valence-corrected chi connectivity index (χ4v) is 5.62. The van der Waals surface area contributed by atoms with Crippen molar-refractivity contribution in [3.8, 4) is 5.75 Å². The monoisotopic (exact) mass is 448 g/mol. The van der Waals surface area contributed by atoms with E-state index in [1.54, 1.807) is 12.7 Å². The molecule has 0 heterocycles. The molecule has 0 spiro atoms. The van der Waals surface area contributed by atoms with E-state index in [2.05, 4.69) is 45.9 Å². The maximum Gasteiger partial charge on any atom is 0.204 e. The number of benzene rings is 2. The van der Waals surface area contributed by atoms with E-state index in [9.17, 15) is 14.5 Å². The third kappa shape index (κ3) is 7.30. The molecule has 0 aromatic heterocycles. The first kappa shape index (κ1) is 24.7. The fourth-order valence-electron chi connectivity index (χ4n) is 3.63. The van der Waals surface area contributed by atoms with Gasteiger partial charge >= 0.3 is 0 Å². The molecule has 2 aromatic carbocycles. The number of aromatic hydroxyl groups is 1. The number of aryl methyl sites for hydroxylation is 2. The highest BCUT2D eigenvalue weighted by atomic mass is 32.2. The van der Waals surface area contributed by atoms with Crippen LogP contribution in [0.15, 0.2) is 30.3 Å². The molecule has 2 aromatic rings. The Hall–Kier alpha value is -1.55. The summed E-state index contributed by atoms with van der Waals surface area (Å²) in [7, 11) is -2.77. The number of carbonyl (C=O) groups excluding carboxylic acids is 1. The van der Waals surface area contributed by atoms with E-state index in [1.165, 1.54) is 29.8 Å². The van der Waals surface area contributed by atoms with Crippen LogP contribution in [0.2, 0.25) is 0 Å². The normalized spacial score (nSPS) is 13.4. The molecule has 4 nitrogen and oxygen atoms in total. The van der Waals surface area contributed by atoms with Crippen LogP contribution >= 0.6 is 19.1 Å².